The zero-order chi connectivity index (χ0) is 34.1. The molecule has 7 aromatic carbocycles. The molecule has 238 valence electrons. The van der Waals surface area contributed by atoms with Crippen molar-refractivity contribution >= 4 is 57.6 Å². The van der Waals surface area contributed by atoms with Gasteiger partial charge in [0.1, 0.15) is 0 Å². The molecular formula is C45H26N4S2. The smallest absolute Gasteiger partial charge is 0.0991 e. The van der Waals surface area contributed by atoms with E-state index in [2.05, 4.69) is 143 Å². The predicted octanol–water partition coefficient (Wildman–Crippen LogP) is 12.5. The highest BCUT2D eigenvalue weighted by Gasteiger charge is 2.38. The van der Waals surface area contributed by atoms with Crippen LogP contribution in [0, 0.1) is 22.7 Å². The molecule has 4 nitrogen and oxygen atoms in total. The Hall–Kier alpha value is -6.18. The van der Waals surface area contributed by atoms with E-state index in [1.165, 1.54) is 36.4 Å². The molecule has 0 fully saturated rings. The Bertz CT molecular complexity index is 2600. The van der Waals surface area contributed by atoms with Crippen LogP contribution in [0.1, 0.15) is 22.3 Å². The van der Waals surface area contributed by atoms with Crippen LogP contribution in [0.3, 0.4) is 0 Å². The van der Waals surface area contributed by atoms with Gasteiger partial charge >= 0.3 is 0 Å². The molecule has 0 bridgehead atoms. The van der Waals surface area contributed by atoms with E-state index in [1.807, 2.05) is 36.0 Å². The van der Waals surface area contributed by atoms with E-state index in [9.17, 15) is 10.5 Å². The van der Waals surface area contributed by atoms with Gasteiger partial charge in [-0.05, 0) is 89.5 Å². The molecule has 6 heteroatoms. The Morgan fingerprint density at radius 3 is 1.43 bits per heavy atom. The SMILES string of the molecule is N#Cc1ccc(-c2cc(-c3ccc(C#N)cc3)c3c(c2N2c4ccccc4Sc4ccccc42)Cc2cccc4c2N3c2ccccc2S4)cc1. The largest absolute Gasteiger partial charge is 0.307 e. The zero-order valence-electron chi connectivity index (χ0n) is 27.2. The second kappa shape index (κ2) is 11.7. The number of benzene rings is 7. The summed E-state index contributed by atoms with van der Waals surface area (Å²) in [5.41, 5.74) is 14.9. The molecule has 0 aromatic heterocycles. The molecule has 0 atom stereocenters. The molecule has 0 amide bonds. The highest BCUT2D eigenvalue weighted by molar-refractivity contribution is 8.00. The molecule has 51 heavy (non-hydrogen) atoms. The Kier molecular flexibility index (Phi) is 6.82. The van der Waals surface area contributed by atoms with E-state index in [4.69, 9.17) is 0 Å². The lowest BCUT2D eigenvalue weighted by Crippen LogP contribution is -2.26. The lowest BCUT2D eigenvalue weighted by atomic mass is 9.84. The molecule has 0 unspecified atom stereocenters. The Morgan fingerprint density at radius 2 is 0.902 bits per heavy atom. The number of para-hydroxylation sites is 4. The van der Waals surface area contributed by atoms with Crippen molar-refractivity contribution in [2.45, 2.75) is 26.0 Å². The van der Waals surface area contributed by atoms with Gasteiger partial charge in [0.15, 0.2) is 0 Å². The van der Waals surface area contributed by atoms with Gasteiger partial charge in [-0.15, -0.1) is 0 Å². The van der Waals surface area contributed by atoms with Crippen molar-refractivity contribution < 1.29 is 0 Å². The van der Waals surface area contributed by atoms with E-state index in [1.54, 1.807) is 11.8 Å². The van der Waals surface area contributed by atoms with Crippen LogP contribution in [-0.4, -0.2) is 0 Å². The van der Waals surface area contributed by atoms with E-state index < -0.39 is 0 Å². The summed E-state index contributed by atoms with van der Waals surface area (Å²) in [6, 6.07) is 55.6. The summed E-state index contributed by atoms with van der Waals surface area (Å²) in [7, 11) is 0. The molecule has 3 aliphatic rings. The van der Waals surface area contributed by atoms with Crippen molar-refractivity contribution in [1.82, 2.24) is 0 Å². The summed E-state index contributed by atoms with van der Waals surface area (Å²) in [6.45, 7) is 0. The lowest BCUT2D eigenvalue weighted by molar-refractivity contribution is 1.03. The van der Waals surface area contributed by atoms with Gasteiger partial charge in [-0.25, -0.2) is 0 Å². The molecule has 0 saturated heterocycles. The quantitative estimate of drug-likeness (QED) is 0.184. The Labute approximate surface area is 304 Å². The van der Waals surface area contributed by atoms with Crippen LogP contribution < -0.4 is 9.80 Å². The van der Waals surface area contributed by atoms with E-state index in [0.717, 1.165) is 57.1 Å². The number of hydrogen-bond donors (Lipinski definition) is 0. The molecule has 0 saturated carbocycles. The monoisotopic (exact) mass is 686 g/mol. The van der Waals surface area contributed by atoms with Crippen molar-refractivity contribution in [2.24, 2.45) is 0 Å². The van der Waals surface area contributed by atoms with Crippen LogP contribution in [0.4, 0.5) is 34.1 Å². The van der Waals surface area contributed by atoms with E-state index in [-0.39, 0.29) is 0 Å². The maximum atomic E-state index is 9.74. The van der Waals surface area contributed by atoms with Crippen LogP contribution in [0.15, 0.2) is 165 Å². The van der Waals surface area contributed by atoms with Crippen LogP contribution in [0.25, 0.3) is 22.3 Å². The summed E-state index contributed by atoms with van der Waals surface area (Å²) in [5, 5.41) is 19.4. The normalized spacial score (nSPS) is 13.1. The van der Waals surface area contributed by atoms with Gasteiger partial charge in [-0.2, -0.15) is 10.5 Å². The van der Waals surface area contributed by atoms with Crippen molar-refractivity contribution in [1.29, 1.82) is 10.5 Å². The molecular weight excluding hydrogens is 661 g/mol. The number of fused-ring (bicyclic) bond motifs is 6. The average molecular weight is 687 g/mol. The second-order valence-corrected chi connectivity index (χ2v) is 14.9. The van der Waals surface area contributed by atoms with Gasteiger partial charge in [0.25, 0.3) is 0 Å². The first kappa shape index (κ1) is 29.7. The lowest BCUT2D eigenvalue weighted by Gasteiger charge is -2.43. The number of rotatable bonds is 3. The third-order valence-corrected chi connectivity index (χ3v) is 12.1. The van der Waals surface area contributed by atoms with Gasteiger partial charge in [0.2, 0.25) is 0 Å². The topological polar surface area (TPSA) is 54.1 Å². The molecule has 0 radical (unpaired) electrons. The minimum Gasteiger partial charge on any atom is -0.307 e. The van der Waals surface area contributed by atoms with E-state index in [0.29, 0.717) is 11.1 Å². The molecule has 0 aliphatic carbocycles. The van der Waals surface area contributed by atoms with Gasteiger partial charge < -0.3 is 9.80 Å². The second-order valence-electron chi connectivity index (χ2n) is 12.7. The summed E-state index contributed by atoms with van der Waals surface area (Å²) in [6.07, 6.45) is 0.731. The van der Waals surface area contributed by atoms with Gasteiger partial charge in [-0.1, -0.05) is 96.3 Å². The zero-order valence-corrected chi connectivity index (χ0v) is 28.8. The minimum atomic E-state index is 0.625. The summed E-state index contributed by atoms with van der Waals surface area (Å²) in [5.74, 6) is 0. The average Bonchev–Trinajstić information content (AvgIpc) is 3.19. The Morgan fingerprint density at radius 1 is 0.451 bits per heavy atom. The fourth-order valence-electron chi connectivity index (χ4n) is 7.67. The first-order valence-electron chi connectivity index (χ1n) is 16.8. The molecule has 7 aromatic rings. The minimum absolute atomic E-state index is 0.625. The third-order valence-electron chi connectivity index (χ3n) is 9.90. The molecule has 3 heterocycles. The van der Waals surface area contributed by atoms with Crippen LogP contribution in [0.2, 0.25) is 0 Å². The molecule has 10 rings (SSSR count). The van der Waals surface area contributed by atoms with Crippen molar-refractivity contribution in [3.05, 3.63) is 168 Å². The maximum Gasteiger partial charge on any atom is 0.0991 e. The summed E-state index contributed by atoms with van der Waals surface area (Å²) < 4.78 is 0. The predicted molar refractivity (Wildman–Crippen MR) is 207 cm³/mol. The first-order chi connectivity index (χ1) is 25.2. The van der Waals surface area contributed by atoms with Crippen LogP contribution >= 0.6 is 23.5 Å². The highest BCUT2D eigenvalue weighted by atomic mass is 32.2. The Balaban J connectivity index is 1.38. The number of nitrogens with zero attached hydrogens (tertiary/aromatic N) is 4. The standard InChI is InChI=1S/C45H26N4S2/c46-26-28-16-20-30(21-17-28)33-25-34(31-22-18-29(27-47)19-23-31)45-35(24-32-8-7-15-42-43(32)49(45)38-11-3-6-14-41(38)51-42)44(33)48-36-9-1-4-12-39(36)50-40-13-5-2-10-37(40)48/h1-23,25H,24H2. The van der Waals surface area contributed by atoms with Crippen molar-refractivity contribution in [3.63, 3.8) is 0 Å². The molecule has 0 N–H and O–H groups in total. The number of hydrogen-bond acceptors (Lipinski definition) is 6. The van der Waals surface area contributed by atoms with Gasteiger partial charge in [-0.3, -0.25) is 0 Å². The van der Waals surface area contributed by atoms with Crippen LogP contribution in [0.5, 0.6) is 0 Å². The maximum absolute atomic E-state index is 9.74. The summed E-state index contributed by atoms with van der Waals surface area (Å²) >= 11 is 3.64. The van der Waals surface area contributed by atoms with Gasteiger partial charge in [0.05, 0.1) is 57.4 Å². The van der Waals surface area contributed by atoms with Crippen LogP contribution in [-0.2, 0) is 6.42 Å². The number of nitriles is 2. The van der Waals surface area contributed by atoms with E-state index >= 15 is 0 Å². The van der Waals surface area contributed by atoms with Gasteiger partial charge in [0, 0.05) is 42.7 Å². The molecule has 3 aliphatic heterocycles. The fraction of sp³-hybridized carbons (Fsp3) is 0.0222. The first-order valence-corrected chi connectivity index (χ1v) is 18.4. The third kappa shape index (κ3) is 4.62. The fourth-order valence-corrected chi connectivity index (χ4v) is 9.84. The summed E-state index contributed by atoms with van der Waals surface area (Å²) in [4.78, 5) is 9.81. The molecule has 0 spiro atoms. The highest BCUT2D eigenvalue weighted by Crippen LogP contribution is 2.62. The van der Waals surface area contributed by atoms with Crippen molar-refractivity contribution in [2.75, 3.05) is 9.80 Å². The number of anilines is 6. The van der Waals surface area contributed by atoms with Crippen molar-refractivity contribution in [3.8, 4) is 34.4 Å².